The number of carbonyl (C=O) groups is 1. The first kappa shape index (κ1) is 16.6. The van der Waals surface area contributed by atoms with Crippen molar-refractivity contribution in [2.75, 3.05) is 6.54 Å². The topological polar surface area (TPSA) is 85.2 Å². The minimum atomic E-state index is -0.438. The second-order valence-corrected chi connectivity index (χ2v) is 6.55. The highest BCUT2D eigenvalue weighted by Crippen LogP contribution is 2.34. The first-order valence-electron chi connectivity index (χ1n) is 8.48. The Balaban J connectivity index is 1.61. The van der Waals surface area contributed by atoms with E-state index in [2.05, 4.69) is 10.1 Å². The third kappa shape index (κ3) is 3.82. The highest BCUT2D eigenvalue weighted by molar-refractivity contribution is 5.73. The number of aromatic nitrogens is 2. The molecule has 0 radical (unpaired) electrons. The Hall–Kier alpha value is -2.21. The number of carbonyl (C=O) groups excluding carboxylic acids is 1. The second kappa shape index (κ2) is 7.13. The fourth-order valence-corrected chi connectivity index (χ4v) is 3.17. The molecule has 0 unspecified atom stereocenters. The van der Waals surface area contributed by atoms with Crippen molar-refractivity contribution < 1.29 is 9.32 Å². The van der Waals surface area contributed by atoms with Crippen LogP contribution < -0.4 is 5.73 Å². The minimum Gasteiger partial charge on any atom is -0.339 e. The van der Waals surface area contributed by atoms with Gasteiger partial charge in [0.1, 0.15) is 0 Å². The fourth-order valence-electron chi connectivity index (χ4n) is 3.17. The maximum atomic E-state index is 11.9. The zero-order valence-corrected chi connectivity index (χ0v) is 14.1. The van der Waals surface area contributed by atoms with Gasteiger partial charge in [0.15, 0.2) is 5.82 Å². The number of hydrogen-bond acceptors (Lipinski definition) is 5. The van der Waals surface area contributed by atoms with Crippen LogP contribution in [-0.4, -0.2) is 27.5 Å². The Morgan fingerprint density at radius 1 is 1.29 bits per heavy atom. The smallest absolute Gasteiger partial charge is 0.228 e. The fraction of sp³-hybridized carbons (Fsp3) is 0.500. The Kier molecular flexibility index (Phi) is 4.94. The van der Waals surface area contributed by atoms with Gasteiger partial charge in [-0.15, -0.1) is 0 Å². The van der Waals surface area contributed by atoms with Crippen LogP contribution >= 0.6 is 0 Å². The molecular weight excluding hydrogens is 304 g/mol. The SMILES string of the molecule is CC(=O)N(CCc1nc(C2(N)CCCC2)no1)Cc1ccccc1. The van der Waals surface area contributed by atoms with Crippen LogP contribution in [0, 0.1) is 0 Å². The van der Waals surface area contributed by atoms with Crippen LogP contribution in [0.25, 0.3) is 0 Å². The lowest BCUT2D eigenvalue weighted by Crippen LogP contribution is -2.34. The maximum Gasteiger partial charge on any atom is 0.228 e. The predicted molar refractivity (Wildman–Crippen MR) is 89.9 cm³/mol. The van der Waals surface area contributed by atoms with Gasteiger partial charge < -0.3 is 15.2 Å². The van der Waals surface area contributed by atoms with Gasteiger partial charge in [-0.25, -0.2) is 0 Å². The summed E-state index contributed by atoms with van der Waals surface area (Å²) in [7, 11) is 0. The summed E-state index contributed by atoms with van der Waals surface area (Å²) in [5.41, 5.74) is 7.01. The molecule has 1 fully saturated rings. The Morgan fingerprint density at radius 3 is 2.67 bits per heavy atom. The van der Waals surface area contributed by atoms with Gasteiger partial charge in [-0.1, -0.05) is 48.3 Å². The molecule has 1 amide bonds. The Labute approximate surface area is 142 Å². The van der Waals surface area contributed by atoms with Gasteiger partial charge in [-0.05, 0) is 18.4 Å². The first-order chi connectivity index (χ1) is 11.6. The van der Waals surface area contributed by atoms with Gasteiger partial charge in [-0.3, -0.25) is 4.79 Å². The lowest BCUT2D eigenvalue weighted by molar-refractivity contribution is -0.129. The van der Waals surface area contributed by atoms with Crippen molar-refractivity contribution in [2.45, 2.75) is 51.1 Å². The van der Waals surface area contributed by atoms with Crippen LogP contribution in [0.2, 0.25) is 0 Å². The number of rotatable bonds is 6. The highest BCUT2D eigenvalue weighted by Gasteiger charge is 2.35. The van der Waals surface area contributed by atoms with Crippen LogP contribution in [0.4, 0.5) is 0 Å². The van der Waals surface area contributed by atoms with Crippen molar-refractivity contribution in [1.29, 1.82) is 0 Å². The van der Waals surface area contributed by atoms with E-state index in [4.69, 9.17) is 10.3 Å². The zero-order chi connectivity index (χ0) is 17.0. The molecule has 0 atom stereocenters. The predicted octanol–water partition coefficient (Wildman–Crippen LogP) is 2.39. The van der Waals surface area contributed by atoms with Gasteiger partial charge >= 0.3 is 0 Å². The van der Waals surface area contributed by atoms with Gasteiger partial charge in [0, 0.05) is 26.4 Å². The largest absolute Gasteiger partial charge is 0.339 e. The van der Waals surface area contributed by atoms with Crippen molar-refractivity contribution in [3.8, 4) is 0 Å². The normalized spacial score (nSPS) is 16.2. The molecule has 1 heterocycles. The molecule has 1 aromatic heterocycles. The van der Waals surface area contributed by atoms with E-state index < -0.39 is 5.54 Å². The van der Waals surface area contributed by atoms with Gasteiger partial charge in [-0.2, -0.15) is 4.98 Å². The van der Waals surface area contributed by atoms with E-state index in [0.29, 0.717) is 31.2 Å². The number of nitrogens with two attached hydrogens (primary N) is 1. The van der Waals surface area contributed by atoms with E-state index >= 15 is 0 Å². The van der Waals surface area contributed by atoms with Crippen LogP contribution in [0.15, 0.2) is 34.9 Å². The number of benzene rings is 1. The molecule has 6 heteroatoms. The monoisotopic (exact) mass is 328 g/mol. The molecule has 128 valence electrons. The lowest BCUT2D eigenvalue weighted by atomic mass is 9.99. The summed E-state index contributed by atoms with van der Waals surface area (Å²) < 4.78 is 5.34. The summed E-state index contributed by atoms with van der Waals surface area (Å²) in [6.07, 6.45) is 4.56. The Morgan fingerprint density at radius 2 is 2.00 bits per heavy atom. The molecular formula is C18H24N4O2. The maximum absolute atomic E-state index is 11.9. The Bertz CT molecular complexity index is 677. The molecule has 2 N–H and O–H groups in total. The summed E-state index contributed by atoms with van der Waals surface area (Å²) >= 11 is 0. The van der Waals surface area contributed by atoms with Crippen molar-refractivity contribution in [3.05, 3.63) is 47.6 Å². The molecule has 1 aliphatic rings. The average molecular weight is 328 g/mol. The molecule has 24 heavy (non-hydrogen) atoms. The highest BCUT2D eigenvalue weighted by atomic mass is 16.5. The molecule has 2 aromatic rings. The van der Waals surface area contributed by atoms with Crippen LogP contribution in [0.1, 0.15) is 49.9 Å². The van der Waals surface area contributed by atoms with Gasteiger partial charge in [0.05, 0.1) is 5.54 Å². The van der Waals surface area contributed by atoms with Crippen molar-refractivity contribution in [1.82, 2.24) is 15.0 Å². The van der Waals surface area contributed by atoms with Gasteiger partial charge in [0.2, 0.25) is 11.8 Å². The lowest BCUT2D eigenvalue weighted by Gasteiger charge is -2.20. The first-order valence-corrected chi connectivity index (χ1v) is 8.48. The molecule has 0 spiro atoms. The van der Waals surface area contributed by atoms with Crippen molar-refractivity contribution in [3.63, 3.8) is 0 Å². The van der Waals surface area contributed by atoms with Crippen LogP contribution in [0.5, 0.6) is 0 Å². The van der Waals surface area contributed by atoms with E-state index in [1.165, 1.54) is 0 Å². The summed E-state index contributed by atoms with van der Waals surface area (Å²) in [6, 6.07) is 9.94. The average Bonchev–Trinajstić information content (AvgIpc) is 3.22. The van der Waals surface area contributed by atoms with E-state index in [0.717, 1.165) is 31.2 Å². The van der Waals surface area contributed by atoms with E-state index in [1.54, 1.807) is 11.8 Å². The number of nitrogens with zero attached hydrogens (tertiary/aromatic N) is 3. The molecule has 3 rings (SSSR count). The molecule has 6 nitrogen and oxygen atoms in total. The molecule has 0 saturated heterocycles. The minimum absolute atomic E-state index is 0.0321. The second-order valence-electron chi connectivity index (χ2n) is 6.55. The quantitative estimate of drug-likeness (QED) is 0.880. The standard InChI is InChI=1S/C18H24N4O2/c1-14(23)22(13-15-7-3-2-4-8-15)12-9-16-20-17(21-24-16)18(19)10-5-6-11-18/h2-4,7-8H,5-6,9-13,19H2,1H3. The summed E-state index contributed by atoms with van der Waals surface area (Å²) in [5.74, 6) is 1.18. The van der Waals surface area contributed by atoms with E-state index in [-0.39, 0.29) is 5.91 Å². The summed E-state index contributed by atoms with van der Waals surface area (Å²) in [4.78, 5) is 18.1. The summed E-state index contributed by atoms with van der Waals surface area (Å²) in [6.45, 7) is 2.71. The summed E-state index contributed by atoms with van der Waals surface area (Å²) in [5, 5.41) is 4.06. The third-order valence-corrected chi connectivity index (χ3v) is 4.67. The third-order valence-electron chi connectivity index (χ3n) is 4.67. The van der Waals surface area contributed by atoms with Crippen molar-refractivity contribution >= 4 is 5.91 Å². The van der Waals surface area contributed by atoms with Gasteiger partial charge in [0.25, 0.3) is 0 Å². The zero-order valence-electron chi connectivity index (χ0n) is 14.1. The number of hydrogen-bond donors (Lipinski definition) is 1. The molecule has 1 saturated carbocycles. The number of amides is 1. The van der Waals surface area contributed by atoms with Crippen molar-refractivity contribution in [2.24, 2.45) is 5.73 Å². The molecule has 0 bridgehead atoms. The van der Waals surface area contributed by atoms with E-state index in [1.807, 2.05) is 30.3 Å². The molecule has 1 aromatic carbocycles. The van der Waals surface area contributed by atoms with Crippen LogP contribution in [-0.2, 0) is 23.3 Å². The molecule has 0 aliphatic heterocycles. The van der Waals surface area contributed by atoms with E-state index in [9.17, 15) is 4.79 Å². The van der Waals surface area contributed by atoms with Crippen LogP contribution in [0.3, 0.4) is 0 Å². The molecule has 1 aliphatic carbocycles.